The third kappa shape index (κ3) is 4.12. The van der Waals surface area contributed by atoms with Crippen LogP contribution >= 0.6 is 23.1 Å². The van der Waals surface area contributed by atoms with Crippen LogP contribution in [0.2, 0.25) is 0 Å². The summed E-state index contributed by atoms with van der Waals surface area (Å²) < 4.78 is 5.25. The molecule has 2 aromatic rings. The second-order valence-electron chi connectivity index (χ2n) is 7.54. The highest BCUT2D eigenvalue weighted by Gasteiger charge is 2.44. The minimum atomic E-state index is -0.589. The molecule has 0 bridgehead atoms. The zero-order chi connectivity index (χ0) is 23.0. The summed E-state index contributed by atoms with van der Waals surface area (Å²) in [5, 5.41) is -0.289. The molecule has 0 saturated carbocycles. The first-order chi connectivity index (χ1) is 15.3. The molecular formula is C22H23N3O5S2. The molecule has 1 atom stereocenters. The highest BCUT2D eigenvalue weighted by Crippen LogP contribution is 2.43. The Morgan fingerprint density at radius 3 is 2.62 bits per heavy atom. The summed E-state index contributed by atoms with van der Waals surface area (Å²) in [6.45, 7) is 4.21. The first-order valence-corrected chi connectivity index (χ1v) is 12.0. The molecule has 1 aromatic heterocycles. The Hall–Kier alpha value is -2.85. The van der Waals surface area contributed by atoms with Gasteiger partial charge in [0.15, 0.2) is 0 Å². The van der Waals surface area contributed by atoms with Gasteiger partial charge in [-0.1, -0.05) is 0 Å². The summed E-state index contributed by atoms with van der Waals surface area (Å²) >= 11 is 2.52. The molecule has 1 unspecified atom stereocenters. The quantitative estimate of drug-likeness (QED) is 0.404. The first kappa shape index (κ1) is 22.3. The molecule has 1 saturated heterocycles. The van der Waals surface area contributed by atoms with Gasteiger partial charge >= 0.3 is 5.97 Å². The maximum absolute atomic E-state index is 13.3. The van der Waals surface area contributed by atoms with E-state index in [2.05, 4.69) is 0 Å². The van der Waals surface area contributed by atoms with Crippen molar-refractivity contribution in [3.8, 4) is 0 Å². The number of fused-ring (bicyclic) bond motifs is 1. The third-order valence-corrected chi connectivity index (χ3v) is 7.83. The van der Waals surface area contributed by atoms with E-state index in [1.807, 2.05) is 12.1 Å². The lowest BCUT2D eigenvalue weighted by atomic mass is 10.0. The van der Waals surface area contributed by atoms with Gasteiger partial charge in [-0.05, 0) is 43.2 Å². The summed E-state index contributed by atoms with van der Waals surface area (Å²) in [7, 11) is 0. The van der Waals surface area contributed by atoms with Crippen molar-refractivity contribution in [1.29, 1.82) is 0 Å². The van der Waals surface area contributed by atoms with Crippen molar-refractivity contribution in [3.05, 3.63) is 40.3 Å². The molecule has 2 aliphatic rings. The standard InChI is InChI=1S/C22H23N3O5S2/c1-3-30-22(29)19-15-8-9-24(12(2)26)11-17(15)32-21(19)25-18(27)10-16(20(25)28)31-14-6-4-13(23)5-7-14/h4-7,16H,3,8-11,23H2,1-2H3. The van der Waals surface area contributed by atoms with Crippen LogP contribution in [0.5, 0.6) is 0 Å². The maximum Gasteiger partial charge on any atom is 0.341 e. The number of thiophene rings is 1. The van der Waals surface area contributed by atoms with Crippen LogP contribution in [0.25, 0.3) is 0 Å². The Morgan fingerprint density at radius 2 is 1.97 bits per heavy atom. The Balaban J connectivity index is 1.68. The number of imide groups is 1. The first-order valence-electron chi connectivity index (χ1n) is 10.3. The lowest BCUT2D eigenvalue weighted by Crippen LogP contribution is -2.34. The molecule has 2 N–H and O–H groups in total. The lowest BCUT2D eigenvalue weighted by molar-refractivity contribution is -0.129. The molecule has 1 fully saturated rings. The predicted molar refractivity (Wildman–Crippen MR) is 123 cm³/mol. The van der Waals surface area contributed by atoms with Gasteiger partial charge in [0.05, 0.1) is 24.0 Å². The molecule has 2 aliphatic heterocycles. The van der Waals surface area contributed by atoms with Gasteiger partial charge in [-0.2, -0.15) is 0 Å². The minimum absolute atomic E-state index is 0.0400. The fourth-order valence-corrected chi connectivity index (χ4v) is 6.28. The molecule has 32 heavy (non-hydrogen) atoms. The van der Waals surface area contributed by atoms with Crippen LogP contribution in [0.15, 0.2) is 29.2 Å². The summed E-state index contributed by atoms with van der Waals surface area (Å²) in [5.41, 5.74) is 7.37. The number of rotatable bonds is 5. The van der Waals surface area contributed by atoms with Gasteiger partial charge in [0, 0.05) is 35.3 Å². The van der Waals surface area contributed by atoms with Crippen molar-refractivity contribution in [2.75, 3.05) is 23.8 Å². The van der Waals surface area contributed by atoms with Gasteiger partial charge in [0.2, 0.25) is 17.7 Å². The number of hydrogen-bond donors (Lipinski definition) is 1. The summed E-state index contributed by atoms with van der Waals surface area (Å²) in [4.78, 5) is 55.3. The molecule has 4 rings (SSSR count). The highest BCUT2D eigenvalue weighted by atomic mass is 32.2. The second-order valence-corrected chi connectivity index (χ2v) is 9.90. The fourth-order valence-electron chi connectivity index (χ4n) is 3.85. The number of carbonyl (C=O) groups is 4. The third-order valence-electron chi connectivity index (χ3n) is 5.43. The van der Waals surface area contributed by atoms with Gasteiger partial charge in [0.1, 0.15) is 5.00 Å². The van der Waals surface area contributed by atoms with Crippen molar-refractivity contribution in [3.63, 3.8) is 0 Å². The smallest absolute Gasteiger partial charge is 0.341 e. The molecule has 8 nitrogen and oxygen atoms in total. The topological polar surface area (TPSA) is 110 Å². The Bertz CT molecular complexity index is 1100. The Labute approximate surface area is 193 Å². The number of benzene rings is 1. The van der Waals surface area contributed by atoms with Crippen LogP contribution in [-0.2, 0) is 32.1 Å². The molecule has 10 heteroatoms. The predicted octanol–water partition coefficient (Wildman–Crippen LogP) is 2.84. The van der Waals surface area contributed by atoms with Crippen LogP contribution in [0, 0.1) is 0 Å². The number of nitrogen functional groups attached to an aromatic ring is 1. The van der Waals surface area contributed by atoms with Gasteiger partial charge in [0.25, 0.3) is 0 Å². The second kappa shape index (κ2) is 8.95. The summed E-state index contributed by atoms with van der Waals surface area (Å²) in [6.07, 6.45) is 0.512. The number of hydrogen-bond acceptors (Lipinski definition) is 8. The number of thioether (sulfide) groups is 1. The molecule has 0 spiro atoms. The summed E-state index contributed by atoms with van der Waals surface area (Å²) in [5.74, 6) is -1.32. The number of carbonyl (C=O) groups excluding carboxylic acids is 4. The monoisotopic (exact) mass is 473 g/mol. The highest BCUT2D eigenvalue weighted by molar-refractivity contribution is 8.00. The zero-order valence-electron chi connectivity index (χ0n) is 17.8. The molecule has 0 radical (unpaired) electrons. The number of esters is 1. The molecule has 168 valence electrons. The SMILES string of the molecule is CCOC(=O)c1c(N2C(=O)CC(Sc3ccc(N)cc3)C2=O)sc2c1CCN(C(C)=O)C2. The van der Waals surface area contributed by atoms with E-state index in [1.165, 1.54) is 30.0 Å². The van der Waals surface area contributed by atoms with E-state index in [9.17, 15) is 19.2 Å². The van der Waals surface area contributed by atoms with Crippen molar-refractivity contribution in [1.82, 2.24) is 4.90 Å². The summed E-state index contributed by atoms with van der Waals surface area (Å²) in [6, 6.07) is 7.11. The van der Waals surface area contributed by atoms with E-state index in [4.69, 9.17) is 10.5 Å². The van der Waals surface area contributed by atoms with Gasteiger partial charge < -0.3 is 15.4 Å². The van der Waals surface area contributed by atoms with Gasteiger partial charge in [-0.15, -0.1) is 23.1 Å². The number of amides is 3. The Morgan fingerprint density at radius 1 is 1.25 bits per heavy atom. The molecule has 3 amide bonds. The molecule has 0 aliphatic carbocycles. The largest absolute Gasteiger partial charge is 0.462 e. The normalized spacial score (nSPS) is 18.1. The van der Waals surface area contributed by atoms with Gasteiger partial charge in [-0.3, -0.25) is 14.4 Å². The molecule has 1 aromatic carbocycles. The average Bonchev–Trinajstić information content (AvgIpc) is 3.25. The van der Waals surface area contributed by atoms with E-state index in [0.29, 0.717) is 30.2 Å². The lowest BCUT2D eigenvalue weighted by Gasteiger charge is -2.25. The van der Waals surface area contributed by atoms with Crippen LogP contribution in [-0.4, -0.2) is 47.0 Å². The van der Waals surface area contributed by atoms with Crippen molar-refractivity contribution in [2.45, 2.75) is 43.4 Å². The van der Waals surface area contributed by atoms with E-state index in [-0.39, 0.29) is 36.3 Å². The molecule has 3 heterocycles. The van der Waals surface area contributed by atoms with Crippen LogP contribution in [0.3, 0.4) is 0 Å². The van der Waals surface area contributed by atoms with Crippen LogP contribution in [0.1, 0.15) is 41.1 Å². The van der Waals surface area contributed by atoms with Crippen molar-refractivity contribution < 1.29 is 23.9 Å². The minimum Gasteiger partial charge on any atom is -0.462 e. The van der Waals surface area contributed by atoms with Crippen LogP contribution < -0.4 is 10.6 Å². The number of ether oxygens (including phenoxy) is 1. The number of nitrogens with two attached hydrogens (primary N) is 1. The average molecular weight is 474 g/mol. The maximum atomic E-state index is 13.3. The van der Waals surface area contributed by atoms with E-state index < -0.39 is 11.2 Å². The van der Waals surface area contributed by atoms with E-state index >= 15 is 0 Å². The van der Waals surface area contributed by atoms with E-state index in [1.54, 1.807) is 24.0 Å². The fraction of sp³-hybridized carbons (Fsp3) is 0.364. The number of nitrogens with zero attached hydrogens (tertiary/aromatic N) is 2. The van der Waals surface area contributed by atoms with Crippen molar-refractivity contribution in [2.24, 2.45) is 0 Å². The molecular weight excluding hydrogens is 450 g/mol. The Kier molecular flexibility index (Phi) is 6.25. The van der Waals surface area contributed by atoms with Gasteiger partial charge in [-0.25, -0.2) is 9.69 Å². The number of anilines is 2. The van der Waals surface area contributed by atoms with Crippen molar-refractivity contribution >= 4 is 57.5 Å². The zero-order valence-corrected chi connectivity index (χ0v) is 19.4. The van der Waals surface area contributed by atoms with Crippen LogP contribution in [0.4, 0.5) is 10.7 Å². The van der Waals surface area contributed by atoms with E-state index in [0.717, 1.165) is 20.2 Å².